The number of anilines is 1. The van der Waals surface area contributed by atoms with Crippen molar-refractivity contribution in [2.24, 2.45) is 0 Å². The second-order valence-corrected chi connectivity index (χ2v) is 4.48. The molecule has 0 unspecified atom stereocenters. The Hall–Kier alpha value is -1.62. The summed E-state index contributed by atoms with van der Waals surface area (Å²) in [5.41, 5.74) is 6.63. The van der Waals surface area contributed by atoms with Crippen molar-refractivity contribution in [3.05, 3.63) is 46.3 Å². The van der Waals surface area contributed by atoms with Gasteiger partial charge in [0, 0.05) is 28.0 Å². The normalized spacial score (nSPS) is 10.3. The van der Waals surface area contributed by atoms with Crippen molar-refractivity contribution >= 4 is 21.6 Å². The van der Waals surface area contributed by atoms with Crippen molar-refractivity contribution in [3.63, 3.8) is 0 Å². The quantitative estimate of drug-likeness (QED) is 0.860. The van der Waals surface area contributed by atoms with Gasteiger partial charge >= 0.3 is 0 Å². The van der Waals surface area contributed by atoms with E-state index in [2.05, 4.69) is 20.9 Å². The molecule has 1 heterocycles. The maximum atomic E-state index is 13.5. The Balaban J connectivity index is 2.31. The average molecular weight is 297 g/mol. The lowest BCUT2D eigenvalue weighted by atomic mass is 10.3. The molecule has 0 radical (unpaired) electrons. The number of aryl methyl sites for hydroxylation is 1. The first-order valence-electron chi connectivity index (χ1n) is 4.91. The van der Waals surface area contributed by atoms with Gasteiger partial charge in [-0.2, -0.15) is 0 Å². The standard InChI is InChI=1S/C12H10BrFN2O/c1-7-4-8(13)6-16-12(7)17-11-3-2-9(15)5-10(11)14/h2-6H,15H2,1H3. The lowest BCUT2D eigenvalue weighted by molar-refractivity contribution is 0.424. The van der Waals surface area contributed by atoms with Crippen molar-refractivity contribution in [1.29, 1.82) is 0 Å². The third-order valence-electron chi connectivity index (χ3n) is 2.16. The van der Waals surface area contributed by atoms with Crippen LogP contribution in [0.3, 0.4) is 0 Å². The third-order valence-corrected chi connectivity index (χ3v) is 2.59. The molecule has 0 saturated heterocycles. The Morgan fingerprint density at radius 2 is 2.12 bits per heavy atom. The molecular formula is C12H10BrFN2O. The van der Waals surface area contributed by atoms with Crippen LogP contribution in [0.2, 0.25) is 0 Å². The van der Waals surface area contributed by atoms with E-state index >= 15 is 0 Å². The molecule has 1 aromatic heterocycles. The molecule has 0 aliphatic heterocycles. The van der Waals surface area contributed by atoms with Gasteiger partial charge in [-0.3, -0.25) is 0 Å². The Morgan fingerprint density at radius 1 is 1.35 bits per heavy atom. The van der Waals surface area contributed by atoms with Crippen LogP contribution in [0.25, 0.3) is 0 Å². The van der Waals surface area contributed by atoms with Crippen LogP contribution in [0.15, 0.2) is 34.9 Å². The van der Waals surface area contributed by atoms with E-state index in [1.54, 1.807) is 12.3 Å². The number of nitrogens with two attached hydrogens (primary N) is 1. The number of hydrogen-bond acceptors (Lipinski definition) is 3. The van der Waals surface area contributed by atoms with Gasteiger partial charge in [0.15, 0.2) is 11.6 Å². The molecular weight excluding hydrogens is 287 g/mol. The Bertz CT molecular complexity index is 511. The van der Waals surface area contributed by atoms with E-state index in [9.17, 15) is 4.39 Å². The number of hydrogen-bond donors (Lipinski definition) is 1. The molecule has 0 aliphatic carbocycles. The fourth-order valence-electron chi connectivity index (χ4n) is 1.34. The molecule has 0 spiro atoms. The van der Waals surface area contributed by atoms with E-state index in [1.807, 2.05) is 13.0 Å². The van der Waals surface area contributed by atoms with Crippen molar-refractivity contribution in [2.75, 3.05) is 5.73 Å². The number of benzene rings is 1. The molecule has 88 valence electrons. The van der Waals surface area contributed by atoms with Crippen LogP contribution < -0.4 is 10.5 Å². The Labute approximate surface area is 107 Å². The predicted octanol–water partition coefficient (Wildman–Crippen LogP) is 3.67. The molecule has 0 aliphatic rings. The molecule has 17 heavy (non-hydrogen) atoms. The van der Waals surface area contributed by atoms with Gasteiger partial charge in [0.05, 0.1) is 0 Å². The number of nitrogen functional groups attached to an aromatic ring is 1. The Kier molecular flexibility index (Phi) is 3.28. The topological polar surface area (TPSA) is 48.1 Å². The minimum absolute atomic E-state index is 0.108. The van der Waals surface area contributed by atoms with Crippen molar-refractivity contribution in [2.45, 2.75) is 6.92 Å². The van der Waals surface area contributed by atoms with Crippen LogP contribution in [-0.2, 0) is 0 Å². The average Bonchev–Trinajstić information content (AvgIpc) is 2.25. The third kappa shape index (κ3) is 2.74. The van der Waals surface area contributed by atoms with Gasteiger partial charge in [-0.05, 0) is 41.1 Å². The maximum Gasteiger partial charge on any atom is 0.222 e. The van der Waals surface area contributed by atoms with Crippen LogP contribution in [0.1, 0.15) is 5.56 Å². The first-order chi connectivity index (χ1) is 8.06. The molecule has 2 aromatic rings. The van der Waals surface area contributed by atoms with Crippen LogP contribution in [0.4, 0.5) is 10.1 Å². The first kappa shape index (κ1) is 11.9. The van der Waals surface area contributed by atoms with Crippen LogP contribution >= 0.6 is 15.9 Å². The minimum Gasteiger partial charge on any atom is -0.436 e. The lowest BCUT2D eigenvalue weighted by Crippen LogP contribution is -1.94. The molecule has 5 heteroatoms. The molecule has 0 saturated carbocycles. The lowest BCUT2D eigenvalue weighted by Gasteiger charge is -2.08. The highest BCUT2D eigenvalue weighted by molar-refractivity contribution is 9.10. The highest BCUT2D eigenvalue weighted by Gasteiger charge is 2.08. The van der Waals surface area contributed by atoms with Crippen LogP contribution in [-0.4, -0.2) is 4.98 Å². The summed E-state index contributed by atoms with van der Waals surface area (Å²) in [6.07, 6.45) is 1.59. The monoisotopic (exact) mass is 296 g/mol. The van der Waals surface area contributed by atoms with Gasteiger partial charge in [0.2, 0.25) is 5.88 Å². The van der Waals surface area contributed by atoms with Crippen LogP contribution in [0.5, 0.6) is 11.6 Å². The fourth-order valence-corrected chi connectivity index (χ4v) is 1.78. The second kappa shape index (κ2) is 4.71. The number of ether oxygens (including phenoxy) is 1. The number of aromatic nitrogens is 1. The smallest absolute Gasteiger partial charge is 0.222 e. The summed E-state index contributed by atoms with van der Waals surface area (Å²) >= 11 is 3.30. The number of nitrogens with zero attached hydrogens (tertiary/aromatic N) is 1. The van der Waals surface area contributed by atoms with E-state index in [4.69, 9.17) is 10.5 Å². The second-order valence-electron chi connectivity index (χ2n) is 3.57. The number of halogens is 2. The van der Waals surface area contributed by atoms with Gasteiger partial charge < -0.3 is 10.5 Å². The van der Waals surface area contributed by atoms with E-state index in [1.165, 1.54) is 12.1 Å². The van der Waals surface area contributed by atoms with E-state index in [0.717, 1.165) is 10.0 Å². The van der Waals surface area contributed by atoms with Gasteiger partial charge in [-0.15, -0.1) is 0 Å². The summed E-state index contributed by atoms with van der Waals surface area (Å²) < 4.78 is 19.7. The summed E-state index contributed by atoms with van der Waals surface area (Å²) in [5.74, 6) is -0.0249. The summed E-state index contributed by atoms with van der Waals surface area (Å²) in [6.45, 7) is 1.84. The number of pyridine rings is 1. The molecule has 0 atom stereocenters. The SMILES string of the molecule is Cc1cc(Br)cnc1Oc1ccc(N)cc1F. The van der Waals surface area contributed by atoms with Gasteiger partial charge in [-0.25, -0.2) is 9.37 Å². The van der Waals surface area contributed by atoms with E-state index in [0.29, 0.717) is 11.6 Å². The van der Waals surface area contributed by atoms with E-state index < -0.39 is 5.82 Å². The zero-order valence-electron chi connectivity index (χ0n) is 9.08. The molecule has 1 aromatic carbocycles. The first-order valence-corrected chi connectivity index (χ1v) is 5.70. The maximum absolute atomic E-state index is 13.5. The molecule has 2 N–H and O–H groups in total. The molecule has 0 amide bonds. The van der Waals surface area contributed by atoms with Gasteiger partial charge in [-0.1, -0.05) is 0 Å². The highest BCUT2D eigenvalue weighted by Crippen LogP contribution is 2.27. The highest BCUT2D eigenvalue weighted by atomic mass is 79.9. The molecule has 3 nitrogen and oxygen atoms in total. The predicted molar refractivity (Wildman–Crippen MR) is 67.6 cm³/mol. The summed E-state index contributed by atoms with van der Waals surface area (Å²) in [4.78, 5) is 4.07. The zero-order chi connectivity index (χ0) is 12.4. The van der Waals surface area contributed by atoms with Gasteiger partial charge in [0.25, 0.3) is 0 Å². The van der Waals surface area contributed by atoms with Crippen molar-refractivity contribution < 1.29 is 9.13 Å². The molecule has 0 bridgehead atoms. The van der Waals surface area contributed by atoms with Crippen LogP contribution in [0, 0.1) is 12.7 Å². The molecule has 2 rings (SSSR count). The number of rotatable bonds is 2. The summed E-state index contributed by atoms with van der Waals surface area (Å²) in [7, 11) is 0. The molecule has 0 fully saturated rings. The van der Waals surface area contributed by atoms with Crippen molar-refractivity contribution in [3.8, 4) is 11.6 Å². The van der Waals surface area contributed by atoms with E-state index in [-0.39, 0.29) is 5.75 Å². The van der Waals surface area contributed by atoms with Gasteiger partial charge in [0.1, 0.15) is 0 Å². The summed E-state index contributed by atoms with van der Waals surface area (Å²) in [6, 6.07) is 6.11. The van der Waals surface area contributed by atoms with Crippen molar-refractivity contribution in [1.82, 2.24) is 4.98 Å². The minimum atomic E-state index is -0.505. The Morgan fingerprint density at radius 3 is 2.76 bits per heavy atom. The summed E-state index contributed by atoms with van der Waals surface area (Å²) in [5, 5.41) is 0. The largest absolute Gasteiger partial charge is 0.436 e. The zero-order valence-corrected chi connectivity index (χ0v) is 10.7. The fraction of sp³-hybridized carbons (Fsp3) is 0.0833.